The van der Waals surface area contributed by atoms with Crippen LogP contribution in [0, 0.1) is 0 Å². The molecule has 2 aromatic heterocycles. The minimum Gasteiger partial charge on any atom is -0.343 e. The highest BCUT2D eigenvalue weighted by atomic mass is 15.1. The van der Waals surface area contributed by atoms with Crippen LogP contribution in [-0.4, -0.2) is 9.13 Å². The van der Waals surface area contributed by atoms with E-state index in [1.54, 1.807) is 0 Å². The Balaban J connectivity index is 1.33. The van der Waals surface area contributed by atoms with Crippen LogP contribution in [0.4, 0.5) is 17.1 Å². The second-order valence-corrected chi connectivity index (χ2v) is 10.3. The molecule has 8 rings (SSSR count). The molecule has 2 heterocycles. The highest BCUT2D eigenvalue weighted by Crippen LogP contribution is 2.39. The molecule has 3 heteroatoms. The first-order valence-corrected chi connectivity index (χ1v) is 13.7. The second-order valence-electron chi connectivity index (χ2n) is 10.3. The smallest absolute Gasteiger partial charge is 0.0541 e. The van der Waals surface area contributed by atoms with E-state index in [1.165, 1.54) is 49.3 Å². The molecule has 190 valence electrons. The molecule has 6 aromatic carbocycles. The third-order valence-corrected chi connectivity index (χ3v) is 8.10. The summed E-state index contributed by atoms with van der Waals surface area (Å²) in [6, 6.07) is 52.2. The molecule has 0 radical (unpaired) electrons. The molecule has 0 atom stereocenters. The van der Waals surface area contributed by atoms with Gasteiger partial charge in [-0.05, 0) is 60.7 Å². The van der Waals surface area contributed by atoms with Gasteiger partial charge in [0.15, 0.2) is 0 Å². The molecule has 0 N–H and O–H groups in total. The highest BCUT2D eigenvalue weighted by Gasteiger charge is 2.17. The second kappa shape index (κ2) is 8.89. The third kappa shape index (κ3) is 3.38. The number of fused-ring (bicyclic) bond motifs is 6. The first kappa shape index (κ1) is 22.7. The maximum Gasteiger partial charge on any atom is 0.0541 e. The molecule has 0 amide bonds. The van der Waals surface area contributed by atoms with Crippen molar-refractivity contribution in [2.75, 3.05) is 4.90 Å². The SMILES string of the molecule is Cn1c2cc(N(c3ccccc3)c3ccccc3)ccc2c2ccc(-n3c4ccccc4c4ccccc43)cc21. The molecule has 0 spiro atoms. The van der Waals surface area contributed by atoms with Crippen molar-refractivity contribution in [1.29, 1.82) is 0 Å². The summed E-state index contributed by atoms with van der Waals surface area (Å²) in [6.45, 7) is 0. The van der Waals surface area contributed by atoms with E-state index in [4.69, 9.17) is 0 Å². The zero-order valence-electron chi connectivity index (χ0n) is 22.2. The standard InChI is InChI=1S/C37H27N3/c1-38-36-24-28(39(26-12-4-2-5-13-26)27-14-6-3-7-15-27)20-22-32(36)33-23-21-29(25-37(33)38)40-34-18-10-8-16-30(34)31-17-9-11-19-35(31)40/h2-25H,1H3. The van der Waals surface area contributed by atoms with Crippen LogP contribution in [0.3, 0.4) is 0 Å². The van der Waals surface area contributed by atoms with Crippen LogP contribution in [0.1, 0.15) is 0 Å². The minimum absolute atomic E-state index is 1.14. The van der Waals surface area contributed by atoms with Gasteiger partial charge in [0, 0.05) is 51.3 Å². The summed E-state index contributed by atoms with van der Waals surface area (Å²) in [5.74, 6) is 0. The van der Waals surface area contributed by atoms with Crippen molar-refractivity contribution < 1.29 is 0 Å². The Labute approximate surface area is 232 Å². The number of hydrogen-bond donors (Lipinski definition) is 0. The average molecular weight is 514 g/mol. The molecule has 40 heavy (non-hydrogen) atoms. The fourth-order valence-corrected chi connectivity index (χ4v) is 6.26. The van der Waals surface area contributed by atoms with Crippen LogP contribution in [-0.2, 0) is 7.05 Å². The monoisotopic (exact) mass is 513 g/mol. The van der Waals surface area contributed by atoms with Gasteiger partial charge in [-0.1, -0.05) is 84.9 Å². The largest absolute Gasteiger partial charge is 0.343 e. The van der Waals surface area contributed by atoms with E-state index in [2.05, 4.69) is 167 Å². The summed E-state index contributed by atoms with van der Waals surface area (Å²) in [7, 11) is 2.18. The third-order valence-electron chi connectivity index (χ3n) is 8.10. The molecule has 0 aliphatic rings. The molecule has 0 saturated carbocycles. The van der Waals surface area contributed by atoms with Gasteiger partial charge in [0.2, 0.25) is 0 Å². The van der Waals surface area contributed by atoms with Gasteiger partial charge >= 0.3 is 0 Å². The lowest BCUT2D eigenvalue weighted by Gasteiger charge is -2.25. The van der Waals surface area contributed by atoms with Crippen molar-refractivity contribution in [3.8, 4) is 5.69 Å². The lowest BCUT2D eigenvalue weighted by Crippen LogP contribution is -2.09. The molecule has 8 aromatic rings. The topological polar surface area (TPSA) is 13.1 Å². The number of nitrogens with zero attached hydrogens (tertiary/aromatic N) is 3. The van der Waals surface area contributed by atoms with Crippen molar-refractivity contribution >= 4 is 60.7 Å². The highest BCUT2D eigenvalue weighted by molar-refractivity contribution is 6.11. The van der Waals surface area contributed by atoms with Crippen molar-refractivity contribution in [2.24, 2.45) is 7.05 Å². The molecule has 0 bridgehead atoms. The molecular weight excluding hydrogens is 486 g/mol. The Kier molecular flexibility index (Phi) is 5.04. The van der Waals surface area contributed by atoms with E-state index in [9.17, 15) is 0 Å². The molecular formula is C37H27N3. The van der Waals surface area contributed by atoms with Crippen LogP contribution < -0.4 is 4.90 Å². The number of anilines is 3. The predicted molar refractivity (Wildman–Crippen MR) is 169 cm³/mol. The van der Waals surface area contributed by atoms with Gasteiger partial charge in [-0.15, -0.1) is 0 Å². The fourth-order valence-electron chi connectivity index (χ4n) is 6.26. The first-order chi connectivity index (χ1) is 19.8. The number of benzene rings is 6. The first-order valence-electron chi connectivity index (χ1n) is 13.7. The van der Waals surface area contributed by atoms with Gasteiger partial charge in [0.05, 0.1) is 22.1 Å². The Morgan fingerprint density at radius 1 is 0.400 bits per heavy atom. The van der Waals surface area contributed by atoms with Gasteiger partial charge < -0.3 is 14.0 Å². The lowest BCUT2D eigenvalue weighted by atomic mass is 10.1. The van der Waals surface area contributed by atoms with Gasteiger partial charge in [0.1, 0.15) is 0 Å². The van der Waals surface area contributed by atoms with Crippen LogP contribution in [0.15, 0.2) is 146 Å². The number of para-hydroxylation sites is 4. The number of rotatable bonds is 4. The van der Waals surface area contributed by atoms with Crippen molar-refractivity contribution in [3.63, 3.8) is 0 Å². The van der Waals surface area contributed by atoms with Crippen molar-refractivity contribution in [1.82, 2.24) is 9.13 Å². The predicted octanol–water partition coefficient (Wildman–Crippen LogP) is 9.90. The van der Waals surface area contributed by atoms with Crippen LogP contribution in [0.5, 0.6) is 0 Å². The van der Waals surface area contributed by atoms with E-state index in [0.717, 1.165) is 17.1 Å². The Hall–Kier alpha value is -5.28. The molecule has 0 aliphatic carbocycles. The maximum absolute atomic E-state index is 2.39. The lowest BCUT2D eigenvalue weighted by molar-refractivity contribution is 1.01. The van der Waals surface area contributed by atoms with E-state index >= 15 is 0 Å². The fraction of sp³-hybridized carbons (Fsp3) is 0.0270. The van der Waals surface area contributed by atoms with Crippen LogP contribution in [0.2, 0.25) is 0 Å². The minimum atomic E-state index is 1.14. The van der Waals surface area contributed by atoms with Gasteiger partial charge in [0.25, 0.3) is 0 Å². The zero-order valence-corrected chi connectivity index (χ0v) is 22.2. The maximum atomic E-state index is 2.39. The zero-order chi connectivity index (χ0) is 26.6. The van der Waals surface area contributed by atoms with E-state index in [1.807, 2.05) is 0 Å². The molecule has 0 unspecified atom stereocenters. The molecule has 0 aliphatic heterocycles. The van der Waals surface area contributed by atoms with Crippen LogP contribution in [0.25, 0.3) is 49.3 Å². The number of hydrogen-bond acceptors (Lipinski definition) is 1. The van der Waals surface area contributed by atoms with Gasteiger partial charge in [-0.2, -0.15) is 0 Å². The average Bonchev–Trinajstić information content (AvgIpc) is 3.50. The summed E-state index contributed by atoms with van der Waals surface area (Å²) in [4.78, 5) is 2.32. The van der Waals surface area contributed by atoms with Gasteiger partial charge in [-0.3, -0.25) is 0 Å². The normalized spacial score (nSPS) is 11.6. The Morgan fingerprint density at radius 3 is 1.48 bits per heavy atom. The summed E-state index contributed by atoms with van der Waals surface area (Å²) in [5, 5.41) is 5.08. The number of aromatic nitrogens is 2. The Bertz CT molecular complexity index is 2080. The summed E-state index contributed by atoms with van der Waals surface area (Å²) >= 11 is 0. The van der Waals surface area contributed by atoms with Crippen molar-refractivity contribution in [2.45, 2.75) is 0 Å². The Morgan fingerprint density at radius 2 is 0.875 bits per heavy atom. The molecule has 0 fully saturated rings. The van der Waals surface area contributed by atoms with E-state index in [0.29, 0.717) is 0 Å². The van der Waals surface area contributed by atoms with E-state index < -0.39 is 0 Å². The van der Waals surface area contributed by atoms with Crippen molar-refractivity contribution in [3.05, 3.63) is 146 Å². The summed E-state index contributed by atoms with van der Waals surface area (Å²) < 4.78 is 4.72. The summed E-state index contributed by atoms with van der Waals surface area (Å²) in [5.41, 5.74) is 9.47. The summed E-state index contributed by atoms with van der Waals surface area (Å²) in [6.07, 6.45) is 0. The van der Waals surface area contributed by atoms with E-state index in [-0.39, 0.29) is 0 Å². The van der Waals surface area contributed by atoms with Crippen LogP contribution >= 0.6 is 0 Å². The molecule has 3 nitrogen and oxygen atoms in total. The van der Waals surface area contributed by atoms with Gasteiger partial charge in [-0.25, -0.2) is 0 Å². The number of aryl methyl sites for hydroxylation is 1. The molecule has 0 saturated heterocycles. The quantitative estimate of drug-likeness (QED) is 0.228.